The third kappa shape index (κ3) is 4.34. The van der Waals surface area contributed by atoms with Crippen LogP contribution in [0.2, 0.25) is 0 Å². The van der Waals surface area contributed by atoms with Gasteiger partial charge in [-0.2, -0.15) is 0 Å². The van der Waals surface area contributed by atoms with E-state index in [1.165, 1.54) is 0 Å². The largest absolute Gasteiger partial charge is 0.407 e. The van der Waals surface area contributed by atoms with Crippen LogP contribution in [0.3, 0.4) is 0 Å². The third-order valence-electron chi connectivity index (χ3n) is 3.10. The topological polar surface area (TPSA) is 63.0 Å². The quantitative estimate of drug-likeness (QED) is 0.767. The molecule has 2 N–H and O–H groups in total. The van der Waals surface area contributed by atoms with E-state index >= 15 is 0 Å². The van der Waals surface area contributed by atoms with Crippen LogP contribution in [0.1, 0.15) is 53.4 Å². The van der Waals surface area contributed by atoms with Crippen LogP contribution in [0.5, 0.6) is 0 Å². The summed E-state index contributed by atoms with van der Waals surface area (Å²) in [7, 11) is 0. The highest BCUT2D eigenvalue weighted by atomic mass is 16.4. The van der Waals surface area contributed by atoms with E-state index in [2.05, 4.69) is 55.4 Å². The minimum absolute atomic E-state index is 0.0231. The summed E-state index contributed by atoms with van der Waals surface area (Å²) in [6.07, 6.45) is 2.04. The van der Waals surface area contributed by atoms with Crippen LogP contribution in [0.15, 0.2) is 4.42 Å². The Morgan fingerprint density at radius 2 is 1.88 bits per heavy atom. The molecule has 5 nitrogen and oxygen atoms in total. The Labute approximate surface area is 103 Å². The maximum absolute atomic E-state index is 5.54. The molecular weight excluding hydrogens is 216 g/mol. The minimum atomic E-state index is 0.0231. The molecule has 0 bridgehead atoms. The fraction of sp³-hybridized carbons (Fsp3) is 0.833. The first-order chi connectivity index (χ1) is 7.99. The number of rotatable bonds is 7. The lowest BCUT2D eigenvalue weighted by Gasteiger charge is -2.26. The molecule has 0 saturated heterocycles. The summed E-state index contributed by atoms with van der Waals surface area (Å²) in [5.74, 6) is 0.621. The van der Waals surface area contributed by atoms with Crippen LogP contribution in [-0.2, 0) is 6.54 Å². The van der Waals surface area contributed by atoms with Crippen molar-refractivity contribution in [3.8, 4) is 0 Å². The number of nitrogens with zero attached hydrogens (tertiary/aromatic N) is 2. The van der Waals surface area contributed by atoms with Gasteiger partial charge in [0.15, 0.2) is 0 Å². The van der Waals surface area contributed by atoms with Crippen LogP contribution in [0, 0.1) is 0 Å². The average molecular weight is 240 g/mol. The fourth-order valence-electron chi connectivity index (χ4n) is 1.35. The highest BCUT2D eigenvalue weighted by Gasteiger charge is 2.21. The summed E-state index contributed by atoms with van der Waals surface area (Å²) < 4.78 is 5.54. The van der Waals surface area contributed by atoms with E-state index < -0.39 is 0 Å². The van der Waals surface area contributed by atoms with Gasteiger partial charge in [-0.15, -0.1) is 5.10 Å². The Morgan fingerprint density at radius 3 is 2.41 bits per heavy atom. The minimum Gasteiger partial charge on any atom is -0.407 e. The second-order valence-corrected chi connectivity index (χ2v) is 4.93. The fourth-order valence-corrected chi connectivity index (χ4v) is 1.35. The maximum Gasteiger partial charge on any atom is 0.315 e. The van der Waals surface area contributed by atoms with Crippen LogP contribution >= 0.6 is 0 Å². The van der Waals surface area contributed by atoms with Crippen molar-refractivity contribution in [2.45, 2.75) is 65.6 Å². The summed E-state index contributed by atoms with van der Waals surface area (Å²) in [5.41, 5.74) is 0.0231. The monoisotopic (exact) mass is 240 g/mol. The van der Waals surface area contributed by atoms with Gasteiger partial charge in [0.25, 0.3) is 0 Å². The molecular formula is C12H24N4O. The van der Waals surface area contributed by atoms with E-state index in [0.29, 0.717) is 24.5 Å². The van der Waals surface area contributed by atoms with Gasteiger partial charge in [0.2, 0.25) is 5.89 Å². The Balaban J connectivity index is 2.56. The number of hydrogen-bond acceptors (Lipinski definition) is 5. The molecule has 1 aromatic rings. The molecule has 0 unspecified atom stereocenters. The predicted octanol–water partition coefficient (Wildman–Crippen LogP) is 2.56. The standard InChI is InChI=1S/C12H24N4O/c1-6-12(5,7-2)14-11-16-15-10(17-11)8-13-9(3)4/h9,13H,6-8H2,1-5H3,(H,14,16). The maximum atomic E-state index is 5.54. The number of anilines is 1. The van der Waals surface area contributed by atoms with E-state index in [1.807, 2.05) is 0 Å². The first kappa shape index (κ1) is 14.0. The van der Waals surface area contributed by atoms with Crippen molar-refractivity contribution in [3.05, 3.63) is 5.89 Å². The molecule has 0 fully saturated rings. The van der Waals surface area contributed by atoms with Gasteiger partial charge in [-0.3, -0.25) is 0 Å². The first-order valence-electron chi connectivity index (χ1n) is 6.33. The molecule has 0 saturated carbocycles. The second-order valence-electron chi connectivity index (χ2n) is 4.93. The molecule has 0 aliphatic heterocycles. The molecule has 0 aliphatic rings. The SMILES string of the molecule is CCC(C)(CC)Nc1nnc(CNC(C)C)o1. The molecule has 0 atom stereocenters. The highest BCUT2D eigenvalue weighted by molar-refractivity contribution is 5.23. The van der Waals surface area contributed by atoms with Crippen LogP contribution in [-0.4, -0.2) is 21.8 Å². The lowest BCUT2D eigenvalue weighted by atomic mass is 9.96. The molecule has 0 radical (unpaired) electrons. The van der Waals surface area contributed by atoms with E-state index in [9.17, 15) is 0 Å². The number of nitrogens with one attached hydrogen (secondary N) is 2. The van der Waals surface area contributed by atoms with Crippen LogP contribution in [0.4, 0.5) is 6.01 Å². The zero-order chi connectivity index (χ0) is 12.9. The van der Waals surface area contributed by atoms with Gasteiger partial charge in [0.1, 0.15) is 0 Å². The van der Waals surface area contributed by atoms with E-state index in [4.69, 9.17) is 4.42 Å². The average Bonchev–Trinajstić information content (AvgIpc) is 2.74. The molecule has 5 heteroatoms. The van der Waals surface area contributed by atoms with Gasteiger partial charge < -0.3 is 15.1 Å². The molecule has 17 heavy (non-hydrogen) atoms. The Morgan fingerprint density at radius 1 is 1.24 bits per heavy atom. The summed E-state index contributed by atoms with van der Waals surface area (Å²) in [6.45, 7) is 11.2. The molecule has 1 aromatic heterocycles. The Kier molecular flexibility index (Phi) is 4.93. The van der Waals surface area contributed by atoms with Crippen molar-refractivity contribution < 1.29 is 4.42 Å². The first-order valence-corrected chi connectivity index (χ1v) is 6.33. The Bertz CT molecular complexity index is 331. The zero-order valence-corrected chi connectivity index (χ0v) is 11.5. The molecule has 0 aliphatic carbocycles. The van der Waals surface area contributed by atoms with Crippen LogP contribution < -0.4 is 10.6 Å². The summed E-state index contributed by atoms with van der Waals surface area (Å²) in [4.78, 5) is 0. The number of aromatic nitrogens is 2. The predicted molar refractivity (Wildman–Crippen MR) is 68.9 cm³/mol. The van der Waals surface area contributed by atoms with Crippen molar-refractivity contribution in [2.24, 2.45) is 0 Å². The molecule has 0 amide bonds. The van der Waals surface area contributed by atoms with Gasteiger partial charge >= 0.3 is 6.01 Å². The molecule has 1 rings (SSSR count). The molecule has 98 valence electrons. The van der Waals surface area contributed by atoms with Crippen molar-refractivity contribution >= 4 is 6.01 Å². The highest BCUT2D eigenvalue weighted by Crippen LogP contribution is 2.20. The molecule has 0 aromatic carbocycles. The van der Waals surface area contributed by atoms with Crippen molar-refractivity contribution in [1.29, 1.82) is 0 Å². The summed E-state index contributed by atoms with van der Waals surface area (Å²) in [6, 6.07) is 0.923. The van der Waals surface area contributed by atoms with E-state index in [0.717, 1.165) is 12.8 Å². The van der Waals surface area contributed by atoms with Crippen molar-refractivity contribution in [1.82, 2.24) is 15.5 Å². The Hall–Kier alpha value is -1.10. The van der Waals surface area contributed by atoms with Crippen molar-refractivity contribution in [3.63, 3.8) is 0 Å². The van der Waals surface area contributed by atoms with Gasteiger partial charge in [-0.1, -0.05) is 32.8 Å². The second kappa shape index (κ2) is 6.00. The summed E-state index contributed by atoms with van der Waals surface area (Å²) >= 11 is 0. The lowest BCUT2D eigenvalue weighted by molar-refractivity contribution is 0.425. The van der Waals surface area contributed by atoms with Crippen molar-refractivity contribution in [2.75, 3.05) is 5.32 Å². The number of hydrogen-bond donors (Lipinski definition) is 2. The van der Waals surface area contributed by atoms with E-state index in [1.54, 1.807) is 0 Å². The third-order valence-corrected chi connectivity index (χ3v) is 3.10. The van der Waals surface area contributed by atoms with Gasteiger partial charge in [0, 0.05) is 11.6 Å². The van der Waals surface area contributed by atoms with Gasteiger partial charge in [-0.25, -0.2) is 0 Å². The van der Waals surface area contributed by atoms with Gasteiger partial charge in [-0.05, 0) is 19.8 Å². The van der Waals surface area contributed by atoms with Gasteiger partial charge in [0.05, 0.1) is 6.54 Å². The zero-order valence-electron chi connectivity index (χ0n) is 11.5. The summed E-state index contributed by atoms with van der Waals surface area (Å²) in [5, 5.41) is 14.5. The van der Waals surface area contributed by atoms with E-state index in [-0.39, 0.29) is 5.54 Å². The normalized spacial score (nSPS) is 12.1. The lowest BCUT2D eigenvalue weighted by Crippen LogP contribution is -2.33. The molecule has 0 spiro atoms. The molecule has 1 heterocycles. The smallest absolute Gasteiger partial charge is 0.315 e. The van der Waals surface area contributed by atoms with Crippen LogP contribution in [0.25, 0.3) is 0 Å².